The fourth-order valence-corrected chi connectivity index (χ4v) is 5.42. The van der Waals surface area contributed by atoms with Crippen molar-refractivity contribution < 1.29 is 9.53 Å². The van der Waals surface area contributed by atoms with E-state index < -0.39 is 0 Å². The van der Waals surface area contributed by atoms with E-state index in [1.54, 1.807) is 6.20 Å². The average Bonchev–Trinajstić information content (AvgIpc) is 3.35. The molecule has 3 aliphatic rings. The van der Waals surface area contributed by atoms with Gasteiger partial charge in [0.2, 0.25) is 0 Å². The van der Waals surface area contributed by atoms with Gasteiger partial charge in [-0.05, 0) is 49.4 Å². The zero-order valence-electron chi connectivity index (χ0n) is 14.2. The molecule has 130 valence electrons. The number of hydrogen-bond acceptors (Lipinski definition) is 4. The number of nitrogens with zero attached hydrogens (tertiary/aromatic N) is 2. The Morgan fingerprint density at radius 2 is 2.20 bits per heavy atom. The molecule has 3 heterocycles. The summed E-state index contributed by atoms with van der Waals surface area (Å²) in [5.74, 6) is 2.04. The molecule has 5 heteroatoms. The first-order valence-electron chi connectivity index (χ1n) is 9.10. The predicted molar refractivity (Wildman–Crippen MR) is 99.9 cm³/mol. The van der Waals surface area contributed by atoms with Crippen molar-refractivity contribution in [1.82, 2.24) is 9.88 Å². The fourth-order valence-electron chi connectivity index (χ4n) is 3.87. The molecule has 0 bridgehead atoms. The Labute approximate surface area is 151 Å². The molecule has 2 aliphatic heterocycles. The Hall–Kier alpha value is -1.59. The van der Waals surface area contributed by atoms with Crippen LogP contribution in [0.4, 0.5) is 0 Å². The Bertz CT molecular complexity index is 814. The number of hydrogen-bond donors (Lipinski definition) is 0. The van der Waals surface area contributed by atoms with Crippen LogP contribution in [0.5, 0.6) is 0 Å². The van der Waals surface area contributed by atoms with E-state index in [9.17, 15) is 4.79 Å². The van der Waals surface area contributed by atoms with Crippen LogP contribution in [0.25, 0.3) is 10.9 Å². The first-order valence-corrected chi connectivity index (χ1v) is 10.1. The summed E-state index contributed by atoms with van der Waals surface area (Å²) in [5, 5.41) is 1.02. The molecular formula is C20H22N2O2S. The van der Waals surface area contributed by atoms with Gasteiger partial charge in [0.05, 0.1) is 16.4 Å². The summed E-state index contributed by atoms with van der Waals surface area (Å²) < 4.78 is 6.29. The van der Waals surface area contributed by atoms with Crippen molar-refractivity contribution >= 4 is 28.6 Å². The van der Waals surface area contributed by atoms with E-state index in [2.05, 4.69) is 4.98 Å². The zero-order valence-corrected chi connectivity index (χ0v) is 15.0. The highest BCUT2D eigenvalue weighted by molar-refractivity contribution is 8.01. The molecule has 1 saturated carbocycles. The number of pyridine rings is 1. The molecule has 0 radical (unpaired) electrons. The van der Waals surface area contributed by atoms with Crippen LogP contribution in [0.1, 0.15) is 29.6 Å². The maximum atomic E-state index is 12.8. The molecule has 0 unspecified atom stereocenters. The van der Waals surface area contributed by atoms with Crippen LogP contribution in [-0.4, -0.2) is 52.1 Å². The van der Waals surface area contributed by atoms with Gasteiger partial charge in [0.1, 0.15) is 0 Å². The van der Waals surface area contributed by atoms with Crippen LogP contribution in [0.15, 0.2) is 36.5 Å². The van der Waals surface area contributed by atoms with Crippen molar-refractivity contribution in [3.05, 3.63) is 42.1 Å². The van der Waals surface area contributed by atoms with Gasteiger partial charge >= 0.3 is 0 Å². The molecule has 2 aromatic rings. The SMILES string of the molecule is O=C(c1ccc2ncccc2c1)N1CC2(C[C@@H](OCC3CC3)CS2)C1. The lowest BCUT2D eigenvalue weighted by molar-refractivity contribution is 0.0287. The number of benzene rings is 1. The van der Waals surface area contributed by atoms with Crippen LogP contribution in [-0.2, 0) is 4.74 Å². The van der Waals surface area contributed by atoms with E-state index in [1.165, 1.54) is 12.8 Å². The molecule has 1 aliphatic carbocycles. The van der Waals surface area contributed by atoms with Gasteiger partial charge in [-0.2, -0.15) is 0 Å². The fraction of sp³-hybridized carbons (Fsp3) is 0.500. The number of carbonyl (C=O) groups is 1. The summed E-state index contributed by atoms with van der Waals surface area (Å²) in [7, 11) is 0. The van der Waals surface area contributed by atoms with Crippen LogP contribution in [0.3, 0.4) is 0 Å². The van der Waals surface area contributed by atoms with Gasteiger partial charge < -0.3 is 9.64 Å². The number of likely N-dealkylation sites (tertiary alicyclic amines) is 1. The topological polar surface area (TPSA) is 42.4 Å². The number of thioether (sulfide) groups is 1. The second-order valence-electron chi connectivity index (χ2n) is 7.67. The minimum Gasteiger partial charge on any atom is -0.377 e. The molecular weight excluding hydrogens is 332 g/mol. The third-order valence-electron chi connectivity index (χ3n) is 5.53. The normalized spacial score (nSPS) is 24.6. The highest BCUT2D eigenvalue weighted by atomic mass is 32.2. The highest BCUT2D eigenvalue weighted by Crippen LogP contribution is 2.46. The quantitative estimate of drug-likeness (QED) is 0.844. The Balaban J connectivity index is 1.21. The van der Waals surface area contributed by atoms with E-state index >= 15 is 0 Å². The third-order valence-corrected chi connectivity index (χ3v) is 7.11. The van der Waals surface area contributed by atoms with E-state index in [0.717, 1.165) is 54.3 Å². The molecule has 3 fully saturated rings. The smallest absolute Gasteiger partial charge is 0.253 e. The number of rotatable bonds is 4. The lowest BCUT2D eigenvalue weighted by Crippen LogP contribution is -2.60. The first kappa shape index (κ1) is 15.6. The number of fused-ring (bicyclic) bond motifs is 1. The zero-order chi connectivity index (χ0) is 16.9. The molecule has 2 saturated heterocycles. The number of ether oxygens (including phenoxy) is 1. The van der Waals surface area contributed by atoms with Crippen molar-refractivity contribution in [2.45, 2.75) is 30.1 Å². The number of carbonyl (C=O) groups excluding carboxylic acids is 1. The van der Waals surface area contributed by atoms with Gasteiger partial charge in [0.15, 0.2) is 0 Å². The largest absolute Gasteiger partial charge is 0.377 e. The Morgan fingerprint density at radius 1 is 1.32 bits per heavy atom. The average molecular weight is 354 g/mol. The van der Waals surface area contributed by atoms with Crippen LogP contribution in [0, 0.1) is 5.92 Å². The predicted octanol–water partition coefficient (Wildman–Crippen LogP) is 3.36. The van der Waals surface area contributed by atoms with Gasteiger partial charge in [-0.3, -0.25) is 9.78 Å². The third kappa shape index (κ3) is 3.04. The monoisotopic (exact) mass is 354 g/mol. The minimum atomic E-state index is 0.138. The van der Waals surface area contributed by atoms with E-state index in [4.69, 9.17) is 4.74 Å². The summed E-state index contributed by atoms with van der Waals surface area (Å²) in [6.07, 6.45) is 5.94. The second-order valence-corrected chi connectivity index (χ2v) is 9.16. The summed E-state index contributed by atoms with van der Waals surface area (Å²) in [6.45, 7) is 2.64. The van der Waals surface area contributed by atoms with Crippen molar-refractivity contribution in [3.63, 3.8) is 0 Å². The molecule has 1 spiro atoms. The summed E-state index contributed by atoms with van der Waals surface area (Å²) in [4.78, 5) is 19.1. The lowest BCUT2D eigenvalue weighted by atomic mass is 9.92. The summed E-state index contributed by atoms with van der Waals surface area (Å²) >= 11 is 2.00. The Morgan fingerprint density at radius 3 is 3.04 bits per heavy atom. The van der Waals surface area contributed by atoms with Crippen LogP contribution >= 0.6 is 11.8 Å². The van der Waals surface area contributed by atoms with Gasteiger partial charge in [-0.25, -0.2) is 0 Å². The van der Waals surface area contributed by atoms with Crippen molar-refractivity contribution in [2.24, 2.45) is 5.92 Å². The standard InChI is InChI=1S/C20H22N2O2S/c23-19(16-5-6-18-15(8-16)2-1-7-21-18)22-12-20(13-22)9-17(11-25-20)24-10-14-3-4-14/h1-2,5-8,14,17H,3-4,9-13H2/t17-/m1/s1. The maximum absolute atomic E-state index is 12.8. The molecule has 25 heavy (non-hydrogen) atoms. The highest BCUT2D eigenvalue weighted by Gasteiger charge is 2.51. The molecule has 5 rings (SSSR count). The van der Waals surface area contributed by atoms with Crippen molar-refractivity contribution in [3.8, 4) is 0 Å². The van der Waals surface area contributed by atoms with E-state index in [-0.39, 0.29) is 10.7 Å². The summed E-state index contributed by atoms with van der Waals surface area (Å²) in [5.41, 5.74) is 1.70. The molecule has 4 nitrogen and oxygen atoms in total. The Kier molecular flexibility index (Phi) is 3.75. The maximum Gasteiger partial charge on any atom is 0.253 e. The van der Waals surface area contributed by atoms with Gasteiger partial charge in [-0.1, -0.05) is 6.07 Å². The first-order chi connectivity index (χ1) is 12.2. The van der Waals surface area contributed by atoms with E-state index in [0.29, 0.717) is 6.10 Å². The molecule has 1 aromatic carbocycles. The van der Waals surface area contributed by atoms with Crippen molar-refractivity contribution in [2.75, 3.05) is 25.4 Å². The summed E-state index contributed by atoms with van der Waals surface area (Å²) in [6, 6.07) is 9.70. The molecule has 0 N–H and O–H groups in total. The van der Waals surface area contributed by atoms with Gasteiger partial charge in [0, 0.05) is 42.6 Å². The van der Waals surface area contributed by atoms with E-state index in [1.807, 2.05) is 47.0 Å². The minimum absolute atomic E-state index is 0.138. The molecule has 1 atom stereocenters. The van der Waals surface area contributed by atoms with Crippen molar-refractivity contribution in [1.29, 1.82) is 0 Å². The number of amides is 1. The molecule has 1 amide bonds. The lowest BCUT2D eigenvalue weighted by Gasteiger charge is -2.47. The second kappa shape index (κ2) is 5.99. The number of aromatic nitrogens is 1. The van der Waals surface area contributed by atoms with Crippen LogP contribution < -0.4 is 0 Å². The van der Waals surface area contributed by atoms with Gasteiger partial charge in [0.25, 0.3) is 5.91 Å². The van der Waals surface area contributed by atoms with Crippen LogP contribution in [0.2, 0.25) is 0 Å². The molecule has 1 aromatic heterocycles. The van der Waals surface area contributed by atoms with Gasteiger partial charge in [-0.15, -0.1) is 11.8 Å².